The van der Waals surface area contributed by atoms with Crippen LogP contribution < -0.4 is 5.32 Å². The lowest BCUT2D eigenvalue weighted by molar-refractivity contribution is 0.182. The minimum atomic E-state index is 0.281. The largest absolute Gasteiger partial charge is 0.315 e. The summed E-state index contributed by atoms with van der Waals surface area (Å²) in [5.74, 6) is 0.970. The monoisotopic (exact) mass is 184 g/mol. The zero-order valence-corrected chi connectivity index (χ0v) is 9.56. The van der Waals surface area contributed by atoms with Crippen molar-refractivity contribution in [3.8, 4) is 0 Å². The molecule has 13 heavy (non-hydrogen) atoms. The quantitative estimate of drug-likeness (QED) is 0.700. The summed E-state index contributed by atoms with van der Waals surface area (Å²) in [4.78, 5) is 2.28. The van der Waals surface area contributed by atoms with Gasteiger partial charge in [0.05, 0.1) is 0 Å². The second-order valence-electron chi connectivity index (χ2n) is 5.13. The Balaban J connectivity index is 2.09. The van der Waals surface area contributed by atoms with Crippen LogP contribution in [-0.2, 0) is 0 Å². The van der Waals surface area contributed by atoms with Crippen LogP contribution in [0.25, 0.3) is 0 Å². The molecule has 1 aliphatic rings. The molecule has 0 aromatic carbocycles. The molecule has 0 unspecified atom stereocenters. The molecule has 0 aliphatic heterocycles. The van der Waals surface area contributed by atoms with Crippen LogP contribution in [0.4, 0.5) is 0 Å². The Morgan fingerprint density at radius 2 is 1.92 bits per heavy atom. The van der Waals surface area contributed by atoms with Gasteiger partial charge in [-0.1, -0.05) is 6.42 Å². The Morgan fingerprint density at radius 3 is 2.31 bits per heavy atom. The van der Waals surface area contributed by atoms with Gasteiger partial charge in [-0.3, -0.25) is 0 Å². The van der Waals surface area contributed by atoms with Crippen LogP contribution in [0.15, 0.2) is 0 Å². The highest BCUT2D eigenvalue weighted by molar-refractivity contribution is 4.81. The van der Waals surface area contributed by atoms with Gasteiger partial charge >= 0.3 is 0 Å². The lowest BCUT2D eigenvalue weighted by Crippen LogP contribution is -2.47. The molecule has 2 heteroatoms. The molecule has 1 saturated carbocycles. The van der Waals surface area contributed by atoms with Crippen molar-refractivity contribution in [2.45, 2.75) is 38.6 Å². The van der Waals surface area contributed by atoms with Gasteiger partial charge in [-0.25, -0.2) is 0 Å². The van der Waals surface area contributed by atoms with Crippen molar-refractivity contribution in [3.05, 3.63) is 0 Å². The normalized spacial score (nSPS) is 19.2. The van der Waals surface area contributed by atoms with Crippen molar-refractivity contribution in [2.75, 3.05) is 27.2 Å². The average Bonchev–Trinajstić information content (AvgIpc) is 1.94. The first-order chi connectivity index (χ1) is 6.02. The fraction of sp³-hybridized carbons (Fsp3) is 1.00. The highest BCUT2D eigenvalue weighted by Gasteiger charge is 2.21. The van der Waals surface area contributed by atoms with Gasteiger partial charge in [0.2, 0.25) is 0 Å². The molecule has 0 spiro atoms. The van der Waals surface area contributed by atoms with E-state index in [9.17, 15) is 0 Å². The summed E-state index contributed by atoms with van der Waals surface area (Å²) >= 11 is 0. The molecule has 2 nitrogen and oxygen atoms in total. The number of nitrogens with zero attached hydrogens (tertiary/aromatic N) is 1. The van der Waals surface area contributed by atoms with Crippen LogP contribution in [-0.4, -0.2) is 37.6 Å². The molecule has 78 valence electrons. The minimum absolute atomic E-state index is 0.281. The minimum Gasteiger partial charge on any atom is -0.315 e. The van der Waals surface area contributed by atoms with E-state index in [1.54, 1.807) is 0 Å². The van der Waals surface area contributed by atoms with Gasteiger partial charge in [0.1, 0.15) is 0 Å². The molecule has 1 rings (SSSR count). The summed E-state index contributed by atoms with van der Waals surface area (Å²) in [6.45, 7) is 6.87. The van der Waals surface area contributed by atoms with E-state index in [2.05, 4.69) is 38.2 Å². The standard InChI is InChI=1S/C11H24N2/c1-11(2,13(3)4)9-12-8-10-6-5-7-10/h10,12H,5-9H2,1-4H3. The Bertz CT molecular complexity index is 148. The van der Waals surface area contributed by atoms with E-state index < -0.39 is 0 Å². The summed E-state index contributed by atoms with van der Waals surface area (Å²) in [6.07, 6.45) is 4.33. The van der Waals surface area contributed by atoms with Crippen LogP contribution in [0.2, 0.25) is 0 Å². The van der Waals surface area contributed by atoms with Gasteiger partial charge in [0.15, 0.2) is 0 Å². The second-order valence-corrected chi connectivity index (χ2v) is 5.13. The molecule has 0 aromatic heterocycles. The average molecular weight is 184 g/mol. The van der Waals surface area contributed by atoms with E-state index in [0.29, 0.717) is 0 Å². The molecule has 1 N–H and O–H groups in total. The van der Waals surface area contributed by atoms with Crippen molar-refractivity contribution in [2.24, 2.45) is 5.92 Å². The summed E-state index contributed by atoms with van der Waals surface area (Å²) in [5, 5.41) is 3.57. The van der Waals surface area contributed by atoms with Gasteiger partial charge in [-0.2, -0.15) is 0 Å². The molecular formula is C11H24N2. The van der Waals surface area contributed by atoms with Gasteiger partial charge in [0.25, 0.3) is 0 Å². The van der Waals surface area contributed by atoms with Crippen LogP contribution in [0.1, 0.15) is 33.1 Å². The smallest absolute Gasteiger partial charge is 0.0271 e. The molecule has 0 amide bonds. The fourth-order valence-corrected chi connectivity index (χ4v) is 1.44. The highest BCUT2D eigenvalue weighted by Crippen LogP contribution is 2.25. The molecule has 0 aromatic rings. The van der Waals surface area contributed by atoms with Gasteiger partial charge in [-0.15, -0.1) is 0 Å². The maximum absolute atomic E-state index is 3.57. The lowest BCUT2D eigenvalue weighted by atomic mass is 9.85. The van der Waals surface area contributed by atoms with Crippen molar-refractivity contribution >= 4 is 0 Å². The molecule has 0 bridgehead atoms. The number of likely N-dealkylation sites (N-methyl/N-ethyl adjacent to an activating group) is 1. The van der Waals surface area contributed by atoms with Crippen LogP contribution in [0.5, 0.6) is 0 Å². The van der Waals surface area contributed by atoms with Crippen molar-refractivity contribution in [3.63, 3.8) is 0 Å². The number of nitrogens with one attached hydrogen (secondary N) is 1. The number of rotatable bonds is 5. The molecule has 1 aliphatic carbocycles. The summed E-state index contributed by atoms with van der Waals surface area (Å²) < 4.78 is 0. The predicted molar refractivity (Wildman–Crippen MR) is 58.0 cm³/mol. The van der Waals surface area contributed by atoms with Gasteiger partial charge in [0, 0.05) is 12.1 Å². The molecule has 0 saturated heterocycles. The van der Waals surface area contributed by atoms with Crippen LogP contribution in [0.3, 0.4) is 0 Å². The van der Waals surface area contributed by atoms with Crippen molar-refractivity contribution in [1.29, 1.82) is 0 Å². The fourth-order valence-electron chi connectivity index (χ4n) is 1.44. The molecule has 0 radical (unpaired) electrons. The van der Waals surface area contributed by atoms with E-state index in [4.69, 9.17) is 0 Å². The van der Waals surface area contributed by atoms with E-state index in [0.717, 1.165) is 12.5 Å². The Hall–Kier alpha value is -0.0800. The summed E-state index contributed by atoms with van der Waals surface area (Å²) in [7, 11) is 4.29. The maximum Gasteiger partial charge on any atom is 0.0271 e. The van der Waals surface area contributed by atoms with Crippen molar-refractivity contribution < 1.29 is 0 Å². The van der Waals surface area contributed by atoms with E-state index in [-0.39, 0.29) is 5.54 Å². The lowest BCUT2D eigenvalue weighted by Gasteiger charge is -2.34. The third kappa shape index (κ3) is 3.28. The second kappa shape index (κ2) is 4.43. The van der Waals surface area contributed by atoms with Crippen molar-refractivity contribution in [1.82, 2.24) is 10.2 Å². The number of hydrogen-bond acceptors (Lipinski definition) is 2. The highest BCUT2D eigenvalue weighted by atomic mass is 15.2. The first-order valence-electron chi connectivity index (χ1n) is 5.40. The third-order valence-electron chi connectivity index (χ3n) is 3.43. The van der Waals surface area contributed by atoms with E-state index >= 15 is 0 Å². The summed E-state index contributed by atoms with van der Waals surface area (Å²) in [6, 6.07) is 0. The molecule has 1 fully saturated rings. The first kappa shape index (κ1) is 11.0. The number of hydrogen-bond donors (Lipinski definition) is 1. The van der Waals surface area contributed by atoms with E-state index in [1.165, 1.54) is 25.8 Å². The Labute approximate surface area is 82.7 Å². The zero-order valence-electron chi connectivity index (χ0n) is 9.56. The molecular weight excluding hydrogens is 160 g/mol. The van der Waals surface area contributed by atoms with Gasteiger partial charge in [-0.05, 0) is 53.2 Å². The SMILES string of the molecule is CN(C)C(C)(C)CNCC1CCC1. The van der Waals surface area contributed by atoms with Gasteiger partial charge < -0.3 is 10.2 Å². The van der Waals surface area contributed by atoms with Crippen LogP contribution in [0, 0.1) is 5.92 Å². The summed E-state index contributed by atoms with van der Waals surface area (Å²) in [5.41, 5.74) is 0.281. The predicted octanol–water partition coefficient (Wildman–Crippen LogP) is 1.72. The third-order valence-corrected chi connectivity index (χ3v) is 3.43. The first-order valence-corrected chi connectivity index (χ1v) is 5.40. The molecule has 0 atom stereocenters. The Morgan fingerprint density at radius 1 is 1.31 bits per heavy atom. The maximum atomic E-state index is 3.57. The zero-order chi connectivity index (χ0) is 9.90. The topological polar surface area (TPSA) is 15.3 Å². The van der Waals surface area contributed by atoms with E-state index in [1.807, 2.05) is 0 Å². The molecule has 0 heterocycles. The van der Waals surface area contributed by atoms with Crippen LogP contribution >= 0.6 is 0 Å². The Kier molecular flexibility index (Phi) is 3.74.